The number of anilines is 1. The molecule has 10 heteroatoms. The molecule has 2 atom stereocenters. The zero-order valence-electron chi connectivity index (χ0n) is 13.0. The molecule has 2 aliphatic heterocycles. The van der Waals surface area contributed by atoms with Gasteiger partial charge in [0.2, 0.25) is 11.8 Å². The van der Waals surface area contributed by atoms with E-state index in [4.69, 9.17) is 23.2 Å². The van der Waals surface area contributed by atoms with Gasteiger partial charge < -0.3 is 4.74 Å². The second-order valence-corrected chi connectivity index (χ2v) is 6.28. The first-order valence-corrected chi connectivity index (χ1v) is 7.82. The van der Waals surface area contributed by atoms with Crippen LogP contribution < -0.4 is 4.90 Å². The molecule has 0 aromatic heterocycles. The molecule has 8 nitrogen and oxygen atoms in total. The number of methoxy groups -OCH3 is 1. The largest absolute Gasteiger partial charge is 0.464 e. The summed E-state index contributed by atoms with van der Waals surface area (Å²) in [7, 11) is 1.12. The minimum Gasteiger partial charge on any atom is -0.464 e. The molecule has 2 heterocycles. The Kier molecular flexibility index (Phi) is 4.26. The molecular weight excluding hydrogens is 373 g/mol. The maximum atomic E-state index is 12.8. The quantitative estimate of drug-likeness (QED) is 0.565. The number of nitrogens with zero attached hydrogens (tertiary/aromatic N) is 3. The molecule has 25 heavy (non-hydrogen) atoms. The molecule has 3 rings (SSSR count). The Balaban J connectivity index is 2.09. The minimum atomic E-state index is -1.24. The molecule has 130 valence electrons. The van der Waals surface area contributed by atoms with Gasteiger partial charge in [-0.15, -0.1) is 0 Å². The highest BCUT2D eigenvalue weighted by Gasteiger charge is 2.59. The van der Waals surface area contributed by atoms with E-state index in [9.17, 15) is 19.2 Å². The van der Waals surface area contributed by atoms with Gasteiger partial charge in [-0.25, -0.2) is 14.7 Å². The summed E-state index contributed by atoms with van der Waals surface area (Å²) in [6, 6.07) is 2.98. The molecule has 0 saturated carbocycles. The van der Waals surface area contributed by atoms with E-state index in [2.05, 4.69) is 9.84 Å². The standard InChI is InChI=1S/C15H11Cl2N3O5/c1-6(21)20-12-10(11(18-20)15(24)25-2)13(22)19(14(12)23)9-4-7(16)3-8(17)5-9/h3-5,10,12H,1-2H3/t10-,12+/m0/s1. The summed E-state index contributed by atoms with van der Waals surface area (Å²) in [5, 5.41) is 5.09. The van der Waals surface area contributed by atoms with Gasteiger partial charge in [0.25, 0.3) is 5.91 Å². The van der Waals surface area contributed by atoms with Crippen molar-refractivity contribution < 1.29 is 23.9 Å². The SMILES string of the molecule is COC(=O)C1=NN(C(C)=O)[C@H]2C(=O)N(c3cc(Cl)cc(Cl)c3)C(=O)[C@@H]12. The molecule has 1 saturated heterocycles. The average molecular weight is 384 g/mol. The number of fused-ring (bicyclic) bond motifs is 1. The molecule has 0 bridgehead atoms. The number of carbonyl (C=O) groups is 4. The van der Waals surface area contributed by atoms with Crippen LogP contribution in [0.2, 0.25) is 10.0 Å². The number of benzene rings is 1. The highest BCUT2D eigenvalue weighted by molar-refractivity contribution is 6.47. The van der Waals surface area contributed by atoms with Crippen molar-refractivity contribution in [3.63, 3.8) is 0 Å². The second-order valence-electron chi connectivity index (χ2n) is 5.40. The van der Waals surface area contributed by atoms with Gasteiger partial charge in [-0.1, -0.05) is 23.2 Å². The topological polar surface area (TPSA) is 96.3 Å². The van der Waals surface area contributed by atoms with Crippen LogP contribution in [-0.2, 0) is 23.9 Å². The zero-order chi connectivity index (χ0) is 18.5. The fourth-order valence-electron chi connectivity index (χ4n) is 2.87. The summed E-state index contributed by atoms with van der Waals surface area (Å²) in [5.74, 6) is -4.11. The van der Waals surface area contributed by atoms with Crippen LogP contribution in [0.25, 0.3) is 0 Å². The van der Waals surface area contributed by atoms with Crippen LogP contribution in [-0.4, -0.2) is 47.6 Å². The number of hydrogen-bond donors (Lipinski definition) is 0. The van der Waals surface area contributed by atoms with Gasteiger partial charge >= 0.3 is 5.97 Å². The third-order valence-electron chi connectivity index (χ3n) is 3.87. The van der Waals surface area contributed by atoms with Crippen LogP contribution in [0.3, 0.4) is 0 Å². The first kappa shape index (κ1) is 17.4. The molecule has 1 fully saturated rings. The molecule has 2 aliphatic rings. The molecule has 0 radical (unpaired) electrons. The number of halogens is 2. The van der Waals surface area contributed by atoms with Crippen molar-refractivity contribution >= 4 is 58.3 Å². The second kappa shape index (κ2) is 6.12. The highest BCUT2D eigenvalue weighted by atomic mass is 35.5. The minimum absolute atomic E-state index is 0.148. The molecule has 1 aromatic rings. The van der Waals surface area contributed by atoms with E-state index in [0.717, 1.165) is 17.0 Å². The Bertz CT molecular complexity index is 833. The summed E-state index contributed by atoms with van der Waals surface area (Å²) < 4.78 is 4.60. The zero-order valence-corrected chi connectivity index (χ0v) is 14.5. The number of esters is 1. The maximum absolute atomic E-state index is 12.8. The van der Waals surface area contributed by atoms with Crippen LogP contribution >= 0.6 is 23.2 Å². The van der Waals surface area contributed by atoms with Gasteiger partial charge in [-0.2, -0.15) is 5.10 Å². The number of hydrazone groups is 1. The van der Waals surface area contributed by atoms with Crippen molar-refractivity contribution in [3.05, 3.63) is 28.2 Å². The summed E-state index contributed by atoms with van der Waals surface area (Å²) in [6.07, 6.45) is 0. The van der Waals surface area contributed by atoms with Crippen molar-refractivity contribution in [1.82, 2.24) is 5.01 Å². The molecule has 1 aromatic carbocycles. The van der Waals surface area contributed by atoms with Crippen LogP contribution in [0.5, 0.6) is 0 Å². The molecule has 0 aliphatic carbocycles. The Morgan fingerprint density at radius 1 is 1.12 bits per heavy atom. The monoisotopic (exact) mass is 383 g/mol. The number of amides is 3. The third-order valence-corrected chi connectivity index (χ3v) is 4.31. The number of ether oxygens (including phenoxy) is 1. The van der Waals surface area contributed by atoms with Crippen LogP contribution in [0.1, 0.15) is 6.92 Å². The maximum Gasteiger partial charge on any atom is 0.355 e. The van der Waals surface area contributed by atoms with Crippen LogP contribution in [0.4, 0.5) is 5.69 Å². The predicted molar refractivity (Wildman–Crippen MR) is 88.2 cm³/mol. The third kappa shape index (κ3) is 2.67. The smallest absolute Gasteiger partial charge is 0.355 e. The molecule has 0 spiro atoms. The van der Waals surface area contributed by atoms with Crippen molar-refractivity contribution in [2.24, 2.45) is 11.0 Å². The van der Waals surface area contributed by atoms with E-state index < -0.39 is 35.7 Å². The number of rotatable bonds is 2. The number of carbonyl (C=O) groups excluding carboxylic acids is 4. The molecular formula is C15H11Cl2N3O5. The van der Waals surface area contributed by atoms with Gasteiger partial charge in [-0.05, 0) is 18.2 Å². The Morgan fingerprint density at radius 3 is 2.24 bits per heavy atom. The van der Waals surface area contributed by atoms with Crippen molar-refractivity contribution in [2.75, 3.05) is 12.0 Å². The van der Waals surface area contributed by atoms with E-state index in [-0.39, 0.29) is 21.4 Å². The van der Waals surface area contributed by atoms with E-state index in [1.54, 1.807) is 0 Å². The Labute approximate surface area is 151 Å². The lowest BCUT2D eigenvalue weighted by Gasteiger charge is -2.19. The summed E-state index contributed by atoms with van der Waals surface area (Å²) in [5.41, 5.74) is -0.147. The van der Waals surface area contributed by atoms with Gasteiger partial charge in [0.1, 0.15) is 5.92 Å². The van der Waals surface area contributed by atoms with Crippen molar-refractivity contribution in [3.8, 4) is 0 Å². The normalized spacial score (nSPS) is 22.2. The van der Waals surface area contributed by atoms with Gasteiger partial charge in [-0.3, -0.25) is 14.4 Å². The van der Waals surface area contributed by atoms with E-state index in [1.807, 2.05) is 0 Å². The van der Waals surface area contributed by atoms with Gasteiger partial charge in [0.15, 0.2) is 11.8 Å². The fourth-order valence-corrected chi connectivity index (χ4v) is 3.39. The van der Waals surface area contributed by atoms with Gasteiger partial charge in [0, 0.05) is 17.0 Å². The van der Waals surface area contributed by atoms with E-state index in [1.165, 1.54) is 25.1 Å². The molecule has 0 unspecified atom stereocenters. The Hall–Kier alpha value is -2.45. The van der Waals surface area contributed by atoms with Crippen LogP contribution in [0.15, 0.2) is 23.3 Å². The van der Waals surface area contributed by atoms with Crippen molar-refractivity contribution in [2.45, 2.75) is 13.0 Å². The van der Waals surface area contributed by atoms with E-state index >= 15 is 0 Å². The first-order chi connectivity index (χ1) is 11.8. The number of hydrogen-bond acceptors (Lipinski definition) is 6. The lowest BCUT2D eigenvalue weighted by Crippen LogP contribution is -2.41. The average Bonchev–Trinajstić information content (AvgIpc) is 3.03. The van der Waals surface area contributed by atoms with Crippen LogP contribution in [0, 0.1) is 5.92 Å². The molecule has 0 N–H and O–H groups in total. The highest BCUT2D eigenvalue weighted by Crippen LogP contribution is 2.37. The predicted octanol–water partition coefficient (Wildman–Crippen LogP) is 1.24. The summed E-state index contributed by atoms with van der Waals surface area (Å²) >= 11 is 11.9. The lowest BCUT2D eigenvalue weighted by molar-refractivity contribution is -0.136. The Morgan fingerprint density at radius 2 is 1.72 bits per heavy atom. The van der Waals surface area contributed by atoms with E-state index in [0.29, 0.717) is 0 Å². The first-order valence-electron chi connectivity index (χ1n) is 7.06. The summed E-state index contributed by atoms with van der Waals surface area (Å²) in [4.78, 5) is 50.2. The summed E-state index contributed by atoms with van der Waals surface area (Å²) in [6.45, 7) is 1.18. The van der Waals surface area contributed by atoms with Crippen molar-refractivity contribution in [1.29, 1.82) is 0 Å². The van der Waals surface area contributed by atoms with Gasteiger partial charge in [0.05, 0.1) is 12.8 Å². The molecule has 3 amide bonds. The fraction of sp³-hybridized carbons (Fsp3) is 0.267. The lowest BCUT2D eigenvalue weighted by atomic mass is 9.98. The number of imide groups is 1.